The van der Waals surface area contributed by atoms with Gasteiger partial charge in [-0.2, -0.15) is 0 Å². The Morgan fingerprint density at radius 1 is 0.607 bits per heavy atom. The van der Waals surface area contributed by atoms with Gasteiger partial charge in [-0.25, -0.2) is 0 Å². The average molecular weight is 364 g/mol. The Morgan fingerprint density at radius 3 is 1.82 bits per heavy atom. The maximum Gasteiger partial charge on any atom is 0.569 e. The van der Waals surface area contributed by atoms with Gasteiger partial charge < -0.3 is 14.7 Å². The van der Waals surface area contributed by atoms with Gasteiger partial charge in [-0.3, -0.25) is 0 Å². The number of fused-ring (bicyclic) bond motifs is 3. The fourth-order valence-corrected chi connectivity index (χ4v) is 3.26. The van der Waals surface area contributed by atoms with E-state index in [-0.39, 0.29) is 0 Å². The van der Waals surface area contributed by atoms with Gasteiger partial charge in [0.2, 0.25) is 0 Å². The van der Waals surface area contributed by atoms with E-state index in [0.717, 1.165) is 21.8 Å². The van der Waals surface area contributed by atoms with Gasteiger partial charge in [0.15, 0.2) is 0 Å². The maximum absolute atomic E-state index is 8.69. The van der Waals surface area contributed by atoms with Crippen LogP contribution in [0.5, 0.6) is 5.75 Å². The van der Waals surface area contributed by atoms with Crippen molar-refractivity contribution in [2.75, 3.05) is 0 Å². The van der Waals surface area contributed by atoms with Crippen LogP contribution in [0.3, 0.4) is 0 Å². The van der Waals surface area contributed by atoms with Crippen molar-refractivity contribution < 1.29 is 9.68 Å². The van der Waals surface area contributed by atoms with E-state index in [1.54, 1.807) is 0 Å². The van der Waals surface area contributed by atoms with Gasteiger partial charge in [-0.1, -0.05) is 91.0 Å². The molecule has 0 amide bonds. The number of para-hydroxylation sites is 2. The standard InChI is InChI=1S/C12H9BNO2.C12H10/c15-13-16-11-7-3-5-9-8-4-1-2-6-10(8)14-12(9)11;1-3-7-11(8-4-1)12-9-5-2-6-10-12/h1-7,14-15H;1-10H. The Hall–Kier alpha value is -3.50. The molecule has 3 nitrogen and oxygen atoms in total. The van der Waals surface area contributed by atoms with Crippen LogP contribution in [0.1, 0.15) is 0 Å². The molecule has 4 heteroatoms. The number of H-pyrrole nitrogens is 1. The molecule has 0 aliphatic carbocycles. The molecule has 28 heavy (non-hydrogen) atoms. The summed E-state index contributed by atoms with van der Waals surface area (Å²) >= 11 is 0. The molecule has 0 saturated heterocycles. The largest absolute Gasteiger partial charge is 0.569 e. The van der Waals surface area contributed by atoms with Crippen LogP contribution < -0.4 is 4.65 Å². The van der Waals surface area contributed by atoms with E-state index in [1.165, 1.54) is 11.1 Å². The van der Waals surface area contributed by atoms with Gasteiger partial charge in [0, 0.05) is 16.3 Å². The molecule has 0 atom stereocenters. The summed E-state index contributed by atoms with van der Waals surface area (Å²) in [5, 5.41) is 10.9. The molecule has 0 spiro atoms. The zero-order chi connectivity index (χ0) is 19.2. The number of rotatable bonds is 3. The summed E-state index contributed by atoms with van der Waals surface area (Å²) in [6.45, 7) is 0. The van der Waals surface area contributed by atoms with E-state index in [4.69, 9.17) is 9.68 Å². The van der Waals surface area contributed by atoms with Crippen LogP contribution in [0.2, 0.25) is 0 Å². The van der Waals surface area contributed by atoms with Crippen LogP contribution in [0, 0.1) is 0 Å². The third-order valence-electron chi connectivity index (χ3n) is 4.56. The number of aromatic amines is 1. The van der Waals surface area contributed by atoms with Crippen molar-refractivity contribution in [2.24, 2.45) is 0 Å². The van der Waals surface area contributed by atoms with Gasteiger partial charge in [-0.15, -0.1) is 0 Å². The summed E-state index contributed by atoms with van der Waals surface area (Å²) in [5.74, 6) is 0.621. The predicted octanol–water partition coefficient (Wildman–Crippen LogP) is 5.58. The number of hydrogen-bond donors (Lipinski definition) is 2. The topological polar surface area (TPSA) is 45.2 Å². The molecule has 0 saturated carbocycles. The predicted molar refractivity (Wildman–Crippen MR) is 116 cm³/mol. The summed E-state index contributed by atoms with van der Waals surface area (Å²) in [6.07, 6.45) is 0. The minimum absolute atomic E-state index is 0.621. The zero-order valence-corrected chi connectivity index (χ0v) is 15.2. The Labute approximate surface area is 164 Å². The minimum atomic E-state index is 0.621. The van der Waals surface area contributed by atoms with Crippen molar-refractivity contribution in [1.29, 1.82) is 0 Å². The fourth-order valence-electron chi connectivity index (χ4n) is 3.26. The first kappa shape index (κ1) is 17.9. The lowest BCUT2D eigenvalue weighted by Gasteiger charge is -2.01. The Balaban J connectivity index is 0.000000143. The Bertz CT molecular complexity index is 1130. The molecule has 0 aliphatic rings. The highest BCUT2D eigenvalue weighted by Crippen LogP contribution is 2.31. The molecule has 1 aromatic heterocycles. The van der Waals surface area contributed by atoms with Crippen LogP contribution in [-0.2, 0) is 0 Å². The average Bonchev–Trinajstić information content (AvgIpc) is 3.16. The second-order valence-electron chi connectivity index (χ2n) is 6.30. The molecule has 1 radical (unpaired) electrons. The van der Waals surface area contributed by atoms with Gasteiger partial charge in [0.1, 0.15) is 5.75 Å². The van der Waals surface area contributed by atoms with Crippen LogP contribution >= 0.6 is 0 Å². The Kier molecular flexibility index (Phi) is 5.41. The first-order valence-electron chi connectivity index (χ1n) is 9.09. The molecule has 2 N–H and O–H groups in total. The van der Waals surface area contributed by atoms with Gasteiger partial charge in [-0.05, 0) is 23.3 Å². The number of aromatic nitrogens is 1. The number of hydrogen-bond acceptors (Lipinski definition) is 2. The normalized spacial score (nSPS) is 10.3. The van der Waals surface area contributed by atoms with Gasteiger partial charge in [0.05, 0.1) is 5.52 Å². The van der Waals surface area contributed by atoms with Crippen LogP contribution in [0.15, 0.2) is 103 Å². The van der Waals surface area contributed by atoms with E-state index in [9.17, 15) is 0 Å². The number of benzene rings is 4. The van der Waals surface area contributed by atoms with Crippen LogP contribution in [-0.4, -0.2) is 17.7 Å². The smallest absolute Gasteiger partial charge is 0.536 e. The van der Waals surface area contributed by atoms with Gasteiger partial charge in [0.25, 0.3) is 0 Å². The van der Waals surface area contributed by atoms with Crippen LogP contribution in [0.25, 0.3) is 32.9 Å². The van der Waals surface area contributed by atoms with Gasteiger partial charge >= 0.3 is 7.69 Å². The molecule has 4 aromatic carbocycles. The SMILES string of the molecule is O[B]Oc1cccc2c1[nH]c1ccccc12.c1ccc(-c2ccccc2)cc1. The summed E-state index contributed by atoms with van der Waals surface area (Å²) in [5.41, 5.74) is 4.51. The second-order valence-corrected chi connectivity index (χ2v) is 6.30. The monoisotopic (exact) mass is 364 g/mol. The molecule has 0 unspecified atom stereocenters. The molecule has 0 fully saturated rings. The van der Waals surface area contributed by atoms with Crippen molar-refractivity contribution in [3.8, 4) is 16.9 Å². The van der Waals surface area contributed by atoms with Crippen LogP contribution in [0.4, 0.5) is 0 Å². The van der Waals surface area contributed by atoms with Crippen molar-refractivity contribution in [2.45, 2.75) is 0 Å². The maximum atomic E-state index is 8.69. The highest BCUT2D eigenvalue weighted by Gasteiger charge is 2.07. The second kappa shape index (κ2) is 8.46. The molecule has 0 aliphatic heterocycles. The summed E-state index contributed by atoms with van der Waals surface area (Å²) < 4.78 is 5.05. The lowest BCUT2D eigenvalue weighted by atomic mass is 10.1. The first-order chi connectivity index (χ1) is 13.9. The highest BCUT2D eigenvalue weighted by atomic mass is 16.5. The zero-order valence-electron chi connectivity index (χ0n) is 15.2. The van der Waals surface area contributed by atoms with E-state index in [1.807, 2.05) is 48.5 Å². The lowest BCUT2D eigenvalue weighted by Crippen LogP contribution is -1.99. The molecule has 0 bridgehead atoms. The fraction of sp³-hybridized carbons (Fsp3) is 0. The molecule has 1 heterocycles. The molecule has 5 rings (SSSR count). The molecular weight excluding hydrogens is 345 g/mol. The van der Waals surface area contributed by atoms with Crippen molar-refractivity contribution in [3.63, 3.8) is 0 Å². The molecule has 5 aromatic rings. The minimum Gasteiger partial charge on any atom is -0.536 e. The third-order valence-corrected chi connectivity index (χ3v) is 4.56. The van der Waals surface area contributed by atoms with Crippen molar-refractivity contribution in [1.82, 2.24) is 4.98 Å². The first-order valence-corrected chi connectivity index (χ1v) is 9.09. The number of nitrogens with one attached hydrogen (secondary N) is 1. The highest BCUT2D eigenvalue weighted by molar-refractivity contribution is 6.18. The van der Waals surface area contributed by atoms with E-state index in [0.29, 0.717) is 13.4 Å². The lowest BCUT2D eigenvalue weighted by molar-refractivity contribution is 0.456. The van der Waals surface area contributed by atoms with E-state index >= 15 is 0 Å². The van der Waals surface area contributed by atoms with E-state index < -0.39 is 0 Å². The summed E-state index contributed by atoms with van der Waals surface area (Å²) in [4.78, 5) is 3.28. The summed E-state index contributed by atoms with van der Waals surface area (Å²) in [7, 11) is 0.695. The molecule has 135 valence electrons. The third kappa shape index (κ3) is 3.78. The quantitative estimate of drug-likeness (QED) is 0.411. The van der Waals surface area contributed by atoms with Crippen molar-refractivity contribution >= 4 is 29.5 Å². The van der Waals surface area contributed by atoms with E-state index in [2.05, 4.69) is 59.6 Å². The molecular formula is C24H19BNO2. The van der Waals surface area contributed by atoms with Crippen molar-refractivity contribution in [3.05, 3.63) is 103 Å². The Morgan fingerprint density at radius 2 is 1.18 bits per heavy atom. The summed E-state index contributed by atoms with van der Waals surface area (Å²) in [6, 6.07) is 34.6.